The molecule has 0 aliphatic rings. The van der Waals surface area contributed by atoms with E-state index in [0.29, 0.717) is 11.7 Å². The summed E-state index contributed by atoms with van der Waals surface area (Å²) in [6, 6.07) is 16.4. The Labute approximate surface area is 121 Å². The van der Waals surface area contributed by atoms with Crippen LogP contribution in [0.25, 0.3) is 0 Å². The molecule has 0 bridgehead atoms. The molecule has 2 heteroatoms. The molecule has 0 heterocycles. The highest BCUT2D eigenvalue weighted by atomic mass is 16.3. The van der Waals surface area contributed by atoms with Crippen LogP contribution < -0.4 is 5.32 Å². The molecule has 0 fully saturated rings. The average Bonchev–Trinajstić information content (AvgIpc) is 2.47. The maximum absolute atomic E-state index is 9.95. The third-order valence-electron chi connectivity index (χ3n) is 3.75. The minimum absolute atomic E-state index is 0.140. The summed E-state index contributed by atoms with van der Waals surface area (Å²) < 4.78 is 0. The minimum Gasteiger partial charge on any atom is -0.508 e. The van der Waals surface area contributed by atoms with E-state index in [1.165, 1.54) is 11.1 Å². The van der Waals surface area contributed by atoms with Crippen molar-refractivity contribution >= 4 is 0 Å². The van der Waals surface area contributed by atoms with Crippen LogP contribution in [0, 0.1) is 6.92 Å². The summed E-state index contributed by atoms with van der Waals surface area (Å²) in [5.41, 5.74) is 3.47. The number of phenolic OH excluding ortho intramolecular Hbond substituents is 1. The Morgan fingerprint density at radius 3 is 2.45 bits per heavy atom. The molecule has 2 aromatic rings. The highest BCUT2D eigenvalue weighted by Gasteiger charge is 2.12. The molecule has 0 amide bonds. The number of aromatic hydroxyl groups is 1. The molecule has 0 aromatic heterocycles. The van der Waals surface area contributed by atoms with E-state index in [-0.39, 0.29) is 6.04 Å². The van der Waals surface area contributed by atoms with Crippen molar-refractivity contribution in [2.75, 3.05) is 6.54 Å². The summed E-state index contributed by atoms with van der Waals surface area (Å²) in [6.45, 7) is 7.23. The number of hydrogen-bond donors (Lipinski definition) is 2. The quantitative estimate of drug-likeness (QED) is 0.854. The van der Waals surface area contributed by atoms with Crippen molar-refractivity contribution in [3.8, 4) is 5.75 Å². The first-order valence-electron chi connectivity index (χ1n) is 7.15. The topological polar surface area (TPSA) is 32.3 Å². The van der Waals surface area contributed by atoms with Crippen molar-refractivity contribution in [2.24, 2.45) is 0 Å². The highest BCUT2D eigenvalue weighted by Crippen LogP contribution is 2.25. The normalized spacial score (nSPS) is 13.9. The second-order valence-corrected chi connectivity index (χ2v) is 5.50. The predicted molar refractivity (Wildman–Crippen MR) is 84.1 cm³/mol. The van der Waals surface area contributed by atoms with E-state index >= 15 is 0 Å². The van der Waals surface area contributed by atoms with Crippen LogP contribution in [-0.4, -0.2) is 11.7 Å². The Bertz CT molecular complexity index is 551. The molecule has 0 saturated heterocycles. The first-order chi connectivity index (χ1) is 9.58. The van der Waals surface area contributed by atoms with Crippen LogP contribution in [0.3, 0.4) is 0 Å². The molecule has 2 atom stereocenters. The van der Waals surface area contributed by atoms with Gasteiger partial charge in [-0.3, -0.25) is 0 Å². The van der Waals surface area contributed by atoms with Crippen LogP contribution in [0.15, 0.2) is 48.5 Å². The van der Waals surface area contributed by atoms with Gasteiger partial charge in [-0.25, -0.2) is 0 Å². The van der Waals surface area contributed by atoms with Gasteiger partial charge in [0.25, 0.3) is 0 Å². The summed E-state index contributed by atoms with van der Waals surface area (Å²) in [7, 11) is 0. The van der Waals surface area contributed by atoms with Crippen LogP contribution in [0.4, 0.5) is 0 Å². The lowest BCUT2D eigenvalue weighted by Crippen LogP contribution is -2.23. The fourth-order valence-electron chi connectivity index (χ4n) is 2.38. The molecule has 0 spiro atoms. The minimum atomic E-state index is 0.140. The molecule has 2 unspecified atom stereocenters. The van der Waals surface area contributed by atoms with Crippen molar-refractivity contribution in [2.45, 2.75) is 32.7 Å². The predicted octanol–water partition coefficient (Wildman–Crippen LogP) is 4.15. The zero-order valence-corrected chi connectivity index (χ0v) is 12.4. The molecule has 2 N–H and O–H groups in total. The van der Waals surface area contributed by atoms with Crippen molar-refractivity contribution in [1.82, 2.24) is 5.32 Å². The molecular formula is C18H23NO. The maximum atomic E-state index is 9.95. The SMILES string of the molecule is Cc1ccc(O)c(C(C)NCC(C)c2ccccc2)c1. The molecule has 2 rings (SSSR count). The molecule has 0 aliphatic carbocycles. The number of nitrogens with one attached hydrogen (secondary N) is 1. The van der Waals surface area contributed by atoms with Crippen LogP contribution in [0.2, 0.25) is 0 Å². The average molecular weight is 269 g/mol. The van der Waals surface area contributed by atoms with E-state index in [4.69, 9.17) is 0 Å². The second kappa shape index (κ2) is 6.58. The smallest absolute Gasteiger partial charge is 0.120 e. The summed E-state index contributed by atoms with van der Waals surface area (Å²) in [5.74, 6) is 0.813. The van der Waals surface area contributed by atoms with E-state index in [1.807, 2.05) is 25.1 Å². The van der Waals surface area contributed by atoms with E-state index in [2.05, 4.69) is 43.4 Å². The number of aryl methyl sites for hydroxylation is 1. The standard InChI is InChI=1S/C18H23NO/c1-13-9-10-18(20)17(11-13)15(3)19-12-14(2)16-7-5-4-6-8-16/h4-11,14-15,19-20H,12H2,1-3H3. The van der Waals surface area contributed by atoms with Crippen molar-refractivity contribution in [3.05, 3.63) is 65.2 Å². The first-order valence-corrected chi connectivity index (χ1v) is 7.15. The van der Waals surface area contributed by atoms with E-state index < -0.39 is 0 Å². The number of benzene rings is 2. The van der Waals surface area contributed by atoms with Gasteiger partial charge >= 0.3 is 0 Å². The molecule has 0 saturated carbocycles. The molecule has 2 aromatic carbocycles. The zero-order valence-electron chi connectivity index (χ0n) is 12.4. The molecular weight excluding hydrogens is 246 g/mol. The molecule has 20 heavy (non-hydrogen) atoms. The number of hydrogen-bond acceptors (Lipinski definition) is 2. The number of rotatable bonds is 5. The lowest BCUT2D eigenvalue weighted by atomic mass is 9.99. The van der Waals surface area contributed by atoms with Gasteiger partial charge in [0.1, 0.15) is 5.75 Å². The van der Waals surface area contributed by atoms with Gasteiger partial charge in [0.2, 0.25) is 0 Å². The van der Waals surface area contributed by atoms with Gasteiger partial charge in [-0.15, -0.1) is 0 Å². The Morgan fingerprint density at radius 1 is 1.05 bits per heavy atom. The summed E-state index contributed by atoms with van der Waals surface area (Å²) >= 11 is 0. The lowest BCUT2D eigenvalue weighted by Gasteiger charge is -2.19. The summed E-state index contributed by atoms with van der Waals surface area (Å²) in [5, 5.41) is 13.5. The zero-order chi connectivity index (χ0) is 14.5. The van der Waals surface area contributed by atoms with Gasteiger partial charge in [-0.05, 0) is 31.4 Å². The fourth-order valence-corrected chi connectivity index (χ4v) is 2.38. The van der Waals surface area contributed by atoms with Gasteiger partial charge in [0.05, 0.1) is 0 Å². The van der Waals surface area contributed by atoms with E-state index in [0.717, 1.165) is 12.1 Å². The molecule has 0 aliphatic heterocycles. The molecule has 106 valence electrons. The van der Waals surface area contributed by atoms with Gasteiger partial charge in [0.15, 0.2) is 0 Å². The molecule has 2 nitrogen and oxygen atoms in total. The fraction of sp³-hybridized carbons (Fsp3) is 0.333. The van der Waals surface area contributed by atoms with Crippen LogP contribution in [-0.2, 0) is 0 Å². The number of phenols is 1. The lowest BCUT2D eigenvalue weighted by molar-refractivity contribution is 0.449. The van der Waals surface area contributed by atoms with Crippen LogP contribution in [0.5, 0.6) is 5.75 Å². The van der Waals surface area contributed by atoms with Crippen molar-refractivity contribution in [3.63, 3.8) is 0 Å². The van der Waals surface area contributed by atoms with Crippen molar-refractivity contribution in [1.29, 1.82) is 0 Å². The largest absolute Gasteiger partial charge is 0.508 e. The second-order valence-electron chi connectivity index (χ2n) is 5.50. The van der Waals surface area contributed by atoms with Gasteiger partial charge < -0.3 is 10.4 Å². The van der Waals surface area contributed by atoms with E-state index in [1.54, 1.807) is 6.07 Å². The van der Waals surface area contributed by atoms with Gasteiger partial charge in [0, 0.05) is 18.2 Å². The Balaban J connectivity index is 1.98. The molecule has 0 radical (unpaired) electrons. The Morgan fingerprint density at radius 2 is 1.75 bits per heavy atom. The van der Waals surface area contributed by atoms with Crippen LogP contribution in [0.1, 0.15) is 42.5 Å². The monoisotopic (exact) mass is 269 g/mol. The maximum Gasteiger partial charge on any atom is 0.120 e. The van der Waals surface area contributed by atoms with Gasteiger partial charge in [-0.1, -0.05) is 55.0 Å². The summed E-state index contributed by atoms with van der Waals surface area (Å²) in [4.78, 5) is 0. The van der Waals surface area contributed by atoms with Crippen molar-refractivity contribution < 1.29 is 5.11 Å². The Kier molecular flexibility index (Phi) is 4.80. The third-order valence-corrected chi connectivity index (χ3v) is 3.75. The third kappa shape index (κ3) is 3.61. The Hall–Kier alpha value is -1.80. The summed E-state index contributed by atoms with van der Waals surface area (Å²) in [6.07, 6.45) is 0. The highest BCUT2D eigenvalue weighted by molar-refractivity contribution is 5.37. The van der Waals surface area contributed by atoms with E-state index in [9.17, 15) is 5.11 Å². The van der Waals surface area contributed by atoms with Crippen LogP contribution >= 0.6 is 0 Å². The van der Waals surface area contributed by atoms with Gasteiger partial charge in [-0.2, -0.15) is 0 Å². The first kappa shape index (κ1) is 14.6.